The molecule has 1 spiro atoms. The van der Waals surface area contributed by atoms with Crippen LogP contribution >= 0.6 is 15.9 Å². The zero-order valence-corrected chi connectivity index (χ0v) is 9.64. The fourth-order valence-electron chi connectivity index (χ4n) is 2.30. The number of epoxide rings is 1. The Kier molecular flexibility index (Phi) is 1.94. The van der Waals surface area contributed by atoms with Gasteiger partial charge in [0.05, 0.1) is 4.83 Å². The van der Waals surface area contributed by atoms with Crippen LogP contribution in [0.15, 0.2) is 5.16 Å². The summed E-state index contributed by atoms with van der Waals surface area (Å²) in [4.78, 5) is 27.2. The number of carboxylic acids is 1. The average Bonchev–Trinajstić information content (AvgIpc) is 2.93. The molecule has 0 radical (unpaired) electrons. The van der Waals surface area contributed by atoms with Gasteiger partial charge in [0.2, 0.25) is 0 Å². The standard InChI is InChI=1S/C9H8BrNO5/c10-3-1-9(7-6(15-7)5(3)12)2-4(8(13)14)11-16-9/h3,6-7H,1-2H2,(H,13,14)/t3?,6-,7-,9-/m1/s1. The van der Waals surface area contributed by atoms with Gasteiger partial charge in [-0.3, -0.25) is 4.79 Å². The molecule has 0 amide bonds. The van der Waals surface area contributed by atoms with Crippen molar-refractivity contribution in [1.29, 1.82) is 0 Å². The lowest BCUT2D eigenvalue weighted by Crippen LogP contribution is -2.47. The molecule has 4 atom stereocenters. The van der Waals surface area contributed by atoms with E-state index in [1.165, 1.54) is 0 Å². The number of alkyl halides is 1. The van der Waals surface area contributed by atoms with Crippen molar-refractivity contribution in [1.82, 2.24) is 0 Å². The highest BCUT2D eigenvalue weighted by atomic mass is 79.9. The maximum atomic E-state index is 11.5. The fraction of sp³-hybridized carbons (Fsp3) is 0.667. The molecule has 0 aromatic heterocycles. The summed E-state index contributed by atoms with van der Waals surface area (Å²) in [6, 6.07) is 0. The highest BCUT2D eigenvalue weighted by Gasteiger charge is 2.67. The van der Waals surface area contributed by atoms with Gasteiger partial charge in [-0.15, -0.1) is 0 Å². The number of ketones is 1. The van der Waals surface area contributed by atoms with Gasteiger partial charge in [0, 0.05) is 12.8 Å². The van der Waals surface area contributed by atoms with Gasteiger partial charge in [0.1, 0.15) is 12.2 Å². The van der Waals surface area contributed by atoms with Gasteiger partial charge in [-0.25, -0.2) is 4.79 Å². The summed E-state index contributed by atoms with van der Waals surface area (Å²) < 4.78 is 5.26. The number of carbonyl (C=O) groups is 2. The second-order valence-electron chi connectivity index (χ2n) is 4.23. The van der Waals surface area contributed by atoms with Crippen LogP contribution in [0.2, 0.25) is 0 Å². The first-order chi connectivity index (χ1) is 7.53. The van der Waals surface area contributed by atoms with Crippen molar-refractivity contribution in [3.63, 3.8) is 0 Å². The number of fused-ring (bicyclic) bond motifs is 2. The monoisotopic (exact) mass is 289 g/mol. The molecule has 3 rings (SSSR count). The van der Waals surface area contributed by atoms with E-state index in [1.54, 1.807) is 0 Å². The molecule has 1 aliphatic carbocycles. The predicted molar refractivity (Wildman–Crippen MR) is 54.5 cm³/mol. The molecule has 16 heavy (non-hydrogen) atoms. The molecule has 7 heteroatoms. The highest BCUT2D eigenvalue weighted by Crippen LogP contribution is 2.49. The minimum atomic E-state index is -1.09. The third kappa shape index (κ3) is 1.24. The SMILES string of the molecule is O=C(O)C1=NO[C@@]2(C1)CC(Br)C(=O)[C@H]1O[C@H]12. The number of nitrogens with zero attached hydrogens (tertiary/aromatic N) is 1. The van der Waals surface area contributed by atoms with Crippen LogP contribution in [-0.2, 0) is 19.2 Å². The zero-order valence-electron chi connectivity index (χ0n) is 8.05. The van der Waals surface area contributed by atoms with Crippen LogP contribution in [0.4, 0.5) is 0 Å². The maximum absolute atomic E-state index is 11.5. The number of rotatable bonds is 1. The van der Waals surface area contributed by atoms with E-state index >= 15 is 0 Å². The highest BCUT2D eigenvalue weighted by molar-refractivity contribution is 9.10. The van der Waals surface area contributed by atoms with Gasteiger partial charge >= 0.3 is 5.97 Å². The van der Waals surface area contributed by atoms with Crippen molar-refractivity contribution in [2.24, 2.45) is 5.16 Å². The molecular weight excluding hydrogens is 282 g/mol. The van der Waals surface area contributed by atoms with Crippen LogP contribution in [0, 0.1) is 0 Å². The van der Waals surface area contributed by atoms with Gasteiger partial charge in [0.25, 0.3) is 0 Å². The molecule has 1 saturated carbocycles. The van der Waals surface area contributed by atoms with E-state index in [0.717, 1.165) is 0 Å². The number of aliphatic carboxylic acids is 1. The second kappa shape index (κ2) is 3.04. The fourth-order valence-corrected chi connectivity index (χ4v) is 3.11. The molecule has 1 saturated heterocycles. The minimum absolute atomic E-state index is 0.00278. The number of hydrogen-bond acceptors (Lipinski definition) is 5. The molecule has 6 nitrogen and oxygen atoms in total. The molecule has 86 valence electrons. The molecule has 2 fully saturated rings. The molecule has 0 aromatic rings. The normalized spacial score (nSPS) is 44.9. The number of ether oxygens (including phenoxy) is 1. The molecule has 2 heterocycles. The van der Waals surface area contributed by atoms with Gasteiger partial charge in [-0.1, -0.05) is 21.1 Å². The third-order valence-electron chi connectivity index (χ3n) is 3.18. The minimum Gasteiger partial charge on any atom is -0.477 e. The Morgan fingerprint density at radius 3 is 3.00 bits per heavy atom. The second-order valence-corrected chi connectivity index (χ2v) is 5.33. The summed E-state index contributed by atoms with van der Waals surface area (Å²) in [5.74, 6) is -1.08. The van der Waals surface area contributed by atoms with E-state index < -0.39 is 17.7 Å². The predicted octanol–water partition coefficient (Wildman–Crippen LogP) is 0.0898. The average molecular weight is 290 g/mol. The smallest absolute Gasteiger partial charge is 0.353 e. The molecule has 3 aliphatic rings. The Morgan fingerprint density at radius 2 is 2.38 bits per heavy atom. The van der Waals surface area contributed by atoms with Crippen LogP contribution in [0.25, 0.3) is 0 Å². The zero-order chi connectivity index (χ0) is 11.5. The van der Waals surface area contributed by atoms with E-state index in [0.29, 0.717) is 6.42 Å². The molecule has 2 aliphatic heterocycles. The van der Waals surface area contributed by atoms with Gasteiger partial charge < -0.3 is 14.7 Å². The summed E-state index contributed by atoms with van der Waals surface area (Å²) >= 11 is 3.25. The topological polar surface area (TPSA) is 88.5 Å². The molecule has 0 bridgehead atoms. The van der Waals surface area contributed by atoms with Gasteiger partial charge in [0.15, 0.2) is 17.1 Å². The maximum Gasteiger partial charge on any atom is 0.353 e. The number of halogens is 1. The van der Waals surface area contributed by atoms with E-state index in [-0.39, 0.29) is 28.8 Å². The van der Waals surface area contributed by atoms with Crippen LogP contribution in [0.1, 0.15) is 12.8 Å². The van der Waals surface area contributed by atoms with E-state index in [2.05, 4.69) is 21.1 Å². The summed E-state index contributed by atoms with van der Waals surface area (Å²) in [6.45, 7) is 0. The van der Waals surface area contributed by atoms with Crippen LogP contribution in [0.5, 0.6) is 0 Å². The van der Waals surface area contributed by atoms with Crippen molar-refractivity contribution in [3.05, 3.63) is 0 Å². The van der Waals surface area contributed by atoms with Gasteiger partial charge in [-0.05, 0) is 0 Å². The summed E-state index contributed by atoms with van der Waals surface area (Å²) in [6.07, 6.45) is -0.206. The van der Waals surface area contributed by atoms with E-state index in [4.69, 9.17) is 14.7 Å². The number of carbonyl (C=O) groups excluding carboxylic acids is 1. The van der Waals surface area contributed by atoms with Crippen molar-refractivity contribution in [2.45, 2.75) is 35.5 Å². The first kappa shape index (κ1) is 10.2. The van der Waals surface area contributed by atoms with Crippen LogP contribution in [-0.4, -0.2) is 45.2 Å². The Bertz CT molecular complexity index is 418. The lowest BCUT2D eigenvalue weighted by Gasteiger charge is -2.29. The largest absolute Gasteiger partial charge is 0.477 e. The van der Waals surface area contributed by atoms with Crippen LogP contribution in [0.3, 0.4) is 0 Å². The molecule has 0 aromatic carbocycles. The Morgan fingerprint density at radius 1 is 1.62 bits per heavy atom. The van der Waals surface area contributed by atoms with E-state index in [1.807, 2.05) is 0 Å². The quantitative estimate of drug-likeness (QED) is 0.546. The lowest BCUT2D eigenvalue weighted by molar-refractivity contribution is -0.129. The lowest BCUT2D eigenvalue weighted by atomic mass is 9.81. The molecular formula is C9H8BrNO5. The Labute approximate surface area is 98.7 Å². The van der Waals surface area contributed by atoms with E-state index in [9.17, 15) is 9.59 Å². The Balaban J connectivity index is 1.83. The van der Waals surface area contributed by atoms with Crippen molar-refractivity contribution < 1.29 is 24.3 Å². The number of hydrogen-bond donors (Lipinski definition) is 1. The summed E-state index contributed by atoms with van der Waals surface area (Å²) in [7, 11) is 0. The summed E-state index contributed by atoms with van der Waals surface area (Å²) in [5, 5.41) is 12.4. The third-order valence-corrected chi connectivity index (χ3v) is 3.95. The van der Waals surface area contributed by atoms with Crippen molar-refractivity contribution in [2.75, 3.05) is 0 Å². The first-order valence-corrected chi connectivity index (χ1v) is 5.77. The summed E-state index contributed by atoms with van der Waals surface area (Å²) in [5.41, 5.74) is -0.774. The molecule has 1 N–H and O–H groups in total. The number of Topliss-reactive ketones (excluding diaryl/α,β-unsaturated/α-hetero) is 1. The van der Waals surface area contributed by atoms with Crippen molar-refractivity contribution in [3.8, 4) is 0 Å². The van der Waals surface area contributed by atoms with Gasteiger partial charge in [-0.2, -0.15) is 0 Å². The van der Waals surface area contributed by atoms with Crippen LogP contribution < -0.4 is 0 Å². The number of carboxylic acid groups (broad SMARTS) is 1. The van der Waals surface area contributed by atoms with Crippen molar-refractivity contribution >= 4 is 33.4 Å². The number of oxime groups is 1. The molecule has 1 unspecified atom stereocenters. The first-order valence-electron chi connectivity index (χ1n) is 4.85. The Hall–Kier alpha value is -0.950.